The summed E-state index contributed by atoms with van der Waals surface area (Å²) in [5, 5.41) is 3.27. The van der Waals surface area contributed by atoms with Crippen molar-refractivity contribution in [2.45, 2.75) is 0 Å². The van der Waals surface area contributed by atoms with Crippen LogP contribution in [-0.4, -0.2) is 9.97 Å². The Balaban J connectivity index is 2.46. The van der Waals surface area contributed by atoms with Gasteiger partial charge in [0, 0.05) is 5.38 Å². The van der Waals surface area contributed by atoms with Gasteiger partial charge < -0.3 is 0 Å². The first-order chi connectivity index (χ1) is 6.25. The molecule has 66 valence electrons. The van der Waals surface area contributed by atoms with Crippen LogP contribution in [0.5, 0.6) is 0 Å². The Morgan fingerprint density at radius 2 is 2.15 bits per heavy atom. The Morgan fingerprint density at radius 1 is 1.31 bits per heavy atom. The van der Waals surface area contributed by atoms with Crippen LogP contribution >= 0.6 is 38.9 Å². The molecule has 0 bridgehead atoms. The van der Waals surface area contributed by atoms with Crippen LogP contribution in [0.25, 0.3) is 10.7 Å². The van der Waals surface area contributed by atoms with Gasteiger partial charge in [0.05, 0.1) is 0 Å². The van der Waals surface area contributed by atoms with Gasteiger partial charge in [-0.15, -0.1) is 11.3 Å². The predicted molar refractivity (Wildman–Crippen MR) is 58.1 cm³/mol. The van der Waals surface area contributed by atoms with E-state index in [0.29, 0.717) is 5.15 Å². The standard InChI is InChI=1S/C8H4BrClN2S/c9-6-4-13-8(12-6)5-2-1-3-7(10)11-5/h1-4H. The van der Waals surface area contributed by atoms with Crippen LogP contribution in [0.1, 0.15) is 0 Å². The van der Waals surface area contributed by atoms with Gasteiger partial charge >= 0.3 is 0 Å². The Labute approximate surface area is 92.7 Å². The second kappa shape index (κ2) is 3.74. The van der Waals surface area contributed by atoms with Crippen molar-refractivity contribution in [1.29, 1.82) is 0 Å². The molecule has 0 amide bonds. The first kappa shape index (κ1) is 9.12. The van der Waals surface area contributed by atoms with Crippen LogP contribution in [0.2, 0.25) is 5.15 Å². The highest BCUT2D eigenvalue weighted by Crippen LogP contribution is 2.25. The minimum Gasteiger partial charge on any atom is -0.234 e. The minimum absolute atomic E-state index is 0.490. The molecule has 0 aliphatic carbocycles. The predicted octanol–water partition coefficient (Wildman–Crippen LogP) is 3.62. The Bertz CT molecular complexity index is 430. The van der Waals surface area contributed by atoms with E-state index < -0.39 is 0 Å². The van der Waals surface area contributed by atoms with Crippen LogP contribution in [-0.2, 0) is 0 Å². The molecule has 0 N–H and O–H groups in total. The van der Waals surface area contributed by atoms with Gasteiger partial charge in [-0.3, -0.25) is 0 Å². The van der Waals surface area contributed by atoms with Gasteiger partial charge in [-0.1, -0.05) is 17.7 Å². The number of rotatable bonds is 1. The molecule has 0 aliphatic heterocycles. The molecule has 13 heavy (non-hydrogen) atoms. The normalized spacial score (nSPS) is 10.3. The maximum Gasteiger partial charge on any atom is 0.143 e. The Kier molecular flexibility index (Phi) is 2.62. The third-order valence-electron chi connectivity index (χ3n) is 1.41. The van der Waals surface area contributed by atoms with Crippen molar-refractivity contribution >= 4 is 38.9 Å². The fourth-order valence-corrected chi connectivity index (χ4v) is 2.29. The molecule has 5 heteroatoms. The third-order valence-corrected chi connectivity index (χ3v) is 3.19. The largest absolute Gasteiger partial charge is 0.234 e. The van der Waals surface area contributed by atoms with Crippen molar-refractivity contribution in [3.05, 3.63) is 33.3 Å². The lowest BCUT2D eigenvalue weighted by molar-refractivity contribution is 1.28. The first-order valence-corrected chi connectivity index (χ1v) is 5.55. The van der Waals surface area contributed by atoms with E-state index in [1.807, 2.05) is 17.5 Å². The zero-order valence-corrected chi connectivity index (χ0v) is 9.53. The Morgan fingerprint density at radius 3 is 2.77 bits per heavy atom. The lowest BCUT2D eigenvalue weighted by Gasteiger charge is -1.94. The number of hydrogen-bond acceptors (Lipinski definition) is 3. The van der Waals surface area contributed by atoms with Gasteiger partial charge in [-0.2, -0.15) is 0 Å². The molecule has 2 aromatic heterocycles. The number of pyridine rings is 1. The molecular weight excluding hydrogens is 272 g/mol. The average molecular weight is 276 g/mol. The van der Waals surface area contributed by atoms with Crippen LogP contribution in [0.15, 0.2) is 28.2 Å². The van der Waals surface area contributed by atoms with Crippen LogP contribution < -0.4 is 0 Å². The van der Waals surface area contributed by atoms with E-state index in [1.165, 1.54) is 11.3 Å². The smallest absolute Gasteiger partial charge is 0.143 e. The molecular formula is C8H4BrClN2S. The van der Waals surface area contributed by atoms with E-state index in [0.717, 1.165) is 15.3 Å². The highest BCUT2D eigenvalue weighted by atomic mass is 79.9. The summed E-state index contributed by atoms with van der Waals surface area (Å²) in [7, 11) is 0. The summed E-state index contributed by atoms with van der Waals surface area (Å²) in [4.78, 5) is 8.39. The topological polar surface area (TPSA) is 25.8 Å². The molecule has 0 saturated heterocycles. The van der Waals surface area contributed by atoms with Crippen LogP contribution in [0.3, 0.4) is 0 Å². The van der Waals surface area contributed by atoms with Gasteiger partial charge in [0.1, 0.15) is 20.5 Å². The zero-order valence-electron chi connectivity index (χ0n) is 6.37. The molecule has 2 heterocycles. The van der Waals surface area contributed by atoms with Crippen LogP contribution in [0, 0.1) is 0 Å². The summed E-state index contributed by atoms with van der Waals surface area (Å²) >= 11 is 10.6. The highest BCUT2D eigenvalue weighted by Gasteiger charge is 2.04. The number of halogens is 2. The van der Waals surface area contributed by atoms with Crippen molar-refractivity contribution in [3.63, 3.8) is 0 Å². The van der Waals surface area contributed by atoms with E-state index >= 15 is 0 Å². The third kappa shape index (κ3) is 2.07. The molecule has 0 radical (unpaired) electrons. The number of nitrogens with zero attached hydrogens (tertiary/aromatic N) is 2. The molecule has 2 nitrogen and oxygen atoms in total. The van der Waals surface area contributed by atoms with Crippen molar-refractivity contribution in [1.82, 2.24) is 9.97 Å². The van der Waals surface area contributed by atoms with Gasteiger partial charge in [-0.05, 0) is 28.1 Å². The monoisotopic (exact) mass is 274 g/mol. The van der Waals surface area contributed by atoms with Crippen LogP contribution in [0.4, 0.5) is 0 Å². The lowest BCUT2D eigenvalue weighted by atomic mass is 10.4. The molecule has 0 fully saturated rings. The number of hydrogen-bond donors (Lipinski definition) is 0. The van der Waals surface area contributed by atoms with E-state index in [9.17, 15) is 0 Å². The molecule has 0 unspecified atom stereocenters. The molecule has 2 rings (SSSR count). The summed E-state index contributed by atoms with van der Waals surface area (Å²) in [6.45, 7) is 0. The van der Waals surface area contributed by atoms with Gasteiger partial charge in [0.25, 0.3) is 0 Å². The van der Waals surface area contributed by atoms with Crippen molar-refractivity contribution in [3.8, 4) is 10.7 Å². The van der Waals surface area contributed by atoms with Gasteiger partial charge in [0.2, 0.25) is 0 Å². The fraction of sp³-hybridized carbons (Fsp3) is 0. The first-order valence-electron chi connectivity index (χ1n) is 3.49. The summed E-state index contributed by atoms with van der Waals surface area (Å²) in [5.41, 5.74) is 0.809. The van der Waals surface area contributed by atoms with Crippen molar-refractivity contribution in [2.24, 2.45) is 0 Å². The second-order valence-electron chi connectivity index (χ2n) is 2.32. The average Bonchev–Trinajstić information content (AvgIpc) is 2.52. The maximum absolute atomic E-state index is 5.76. The summed E-state index contributed by atoms with van der Waals surface area (Å²) in [6.07, 6.45) is 0. The minimum atomic E-state index is 0.490. The second-order valence-corrected chi connectivity index (χ2v) is 4.38. The fourth-order valence-electron chi connectivity index (χ4n) is 0.899. The van der Waals surface area contributed by atoms with Crippen molar-refractivity contribution < 1.29 is 0 Å². The zero-order chi connectivity index (χ0) is 9.26. The highest BCUT2D eigenvalue weighted by molar-refractivity contribution is 9.10. The number of thiazole rings is 1. The van der Waals surface area contributed by atoms with Gasteiger partial charge in [-0.25, -0.2) is 9.97 Å². The molecule has 0 spiro atoms. The summed E-state index contributed by atoms with van der Waals surface area (Å²) in [6, 6.07) is 5.49. The van der Waals surface area contributed by atoms with E-state index in [1.54, 1.807) is 6.07 Å². The summed E-state index contributed by atoms with van der Waals surface area (Å²) < 4.78 is 0.828. The summed E-state index contributed by atoms with van der Waals surface area (Å²) in [5.74, 6) is 0. The van der Waals surface area contributed by atoms with E-state index in [4.69, 9.17) is 11.6 Å². The maximum atomic E-state index is 5.76. The molecule has 0 aromatic carbocycles. The van der Waals surface area contributed by atoms with Crippen molar-refractivity contribution in [2.75, 3.05) is 0 Å². The Hall–Kier alpha value is -0.450. The SMILES string of the molecule is Clc1cccc(-c2nc(Br)cs2)n1. The molecule has 0 atom stereocenters. The number of aromatic nitrogens is 2. The lowest BCUT2D eigenvalue weighted by Crippen LogP contribution is -1.81. The quantitative estimate of drug-likeness (QED) is 0.743. The molecule has 2 aromatic rings. The van der Waals surface area contributed by atoms with E-state index in [-0.39, 0.29) is 0 Å². The molecule has 0 aliphatic rings. The van der Waals surface area contributed by atoms with E-state index in [2.05, 4.69) is 25.9 Å². The molecule has 0 saturated carbocycles. The van der Waals surface area contributed by atoms with Gasteiger partial charge in [0.15, 0.2) is 0 Å².